The van der Waals surface area contributed by atoms with Crippen LogP contribution in [0, 0.1) is 17.1 Å². The normalized spacial score (nSPS) is 10.9. The molecular formula is C19H12FNO3S. The first-order chi connectivity index (χ1) is 12.0. The number of nitrogens with zero attached hydrogens (tertiary/aromatic N) is 1. The highest BCUT2D eigenvalue weighted by Crippen LogP contribution is 2.31. The van der Waals surface area contributed by atoms with Crippen molar-refractivity contribution in [1.82, 2.24) is 0 Å². The Morgan fingerprint density at radius 2 is 1.60 bits per heavy atom. The second-order valence-electron chi connectivity index (χ2n) is 5.15. The Kier molecular flexibility index (Phi) is 4.50. The standard InChI is InChI=1S/C19H12FNO3S/c20-18-11-10-16(12-15(18)13-21)25(22,23)24-19-9-5-4-8-17(19)14-6-2-1-3-7-14/h1-12H. The van der Waals surface area contributed by atoms with Crippen molar-refractivity contribution in [3.63, 3.8) is 0 Å². The molecule has 3 aromatic rings. The third-order valence-corrected chi connectivity index (χ3v) is 4.75. The molecule has 0 amide bonds. The first-order valence-corrected chi connectivity index (χ1v) is 8.71. The van der Waals surface area contributed by atoms with Gasteiger partial charge >= 0.3 is 10.1 Å². The van der Waals surface area contributed by atoms with Crippen molar-refractivity contribution in [2.24, 2.45) is 0 Å². The summed E-state index contributed by atoms with van der Waals surface area (Å²) >= 11 is 0. The lowest BCUT2D eigenvalue weighted by Crippen LogP contribution is -2.11. The van der Waals surface area contributed by atoms with E-state index >= 15 is 0 Å². The molecule has 25 heavy (non-hydrogen) atoms. The van der Waals surface area contributed by atoms with Crippen LogP contribution < -0.4 is 4.18 Å². The van der Waals surface area contributed by atoms with Crippen LogP contribution in [0.3, 0.4) is 0 Å². The van der Waals surface area contributed by atoms with E-state index in [1.54, 1.807) is 24.3 Å². The molecule has 0 saturated heterocycles. The van der Waals surface area contributed by atoms with Gasteiger partial charge in [0.2, 0.25) is 0 Å². The van der Waals surface area contributed by atoms with E-state index in [0.717, 1.165) is 23.8 Å². The summed E-state index contributed by atoms with van der Waals surface area (Å²) in [5, 5.41) is 8.87. The largest absolute Gasteiger partial charge is 0.378 e. The van der Waals surface area contributed by atoms with Crippen LogP contribution in [0.25, 0.3) is 11.1 Å². The molecule has 0 aliphatic rings. The van der Waals surface area contributed by atoms with Gasteiger partial charge in [-0.15, -0.1) is 0 Å². The SMILES string of the molecule is N#Cc1cc(S(=O)(=O)Oc2ccccc2-c2ccccc2)ccc1F. The maximum Gasteiger partial charge on any atom is 0.339 e. The highest BCUT2D eigenvalue weighted by Gasteiger charge is 2.20. The quantitative estimate of drug-likeness (QED) is 0.661. The summed E-state index contributed by atoms with van der Waals surface area (Å²) in [6.45, 7) is 0. The van der Waals surface area contributed by atoms with Crippen LogP contribution in [0.15, 0.2) is 77.7 Å². The number of benzene rings is 3. The van der Waals surface area contributed by atoms with Gasteiger partial charge in [0, 0.05) is 5.56 Å². The molecule has 0 fully saturated rings. The molecule has 0 atom stereocenters. The topological polar surface area (TPSA) is 67.2 Å². The molecule has 0 saturated carbocycles. The maximum absolute atomic E-state index is 13.4. The summed E-state index contributed by atoms with van der Waals surface area (Å²) in [4.78, 5) is -0.284. The van der Waals surface area contributed by atoms with E-state index in [-0.39, 0.29) is 16.2 Å². The number of nitriles is 1. The van der Waals surface area contributed by atoms with E-state index in [9.17, 15) is 12.8 Å². The van der Waals surface area contributed by atoms with Crippen LogP contribution in [0.2, 0.25) is 0 Å². The highest BCUT2D eigenvalue weighted by molar-refractivity contribution is 7.87. The smallest absolute Gasteiger partial charge is 0.339 e. The van der Waals surface area contributed by atoms with Crippen LogP contribution in [0.1, 0.15) is 5.56 Å². The van der Waals surface area contributed by atoms with E-state index < -0.39 is 15.9 Å². The van der Waals surface area contributed by atoms with E-state index in [0.29, 0.717) is 5.56 Å². The van der Waals surface area contributed by atoms with Gasteiger partial charge in [-0.05, 0) is 29.8 Å². The van der Waals surface area contributed by atoms with E-state index in [1.165, 1.54) is 6.07 Å². The van der Waals surface area contributed by atoms with E-state index in [4.69, 9.17) is 9.44 Å². The lowest BCUT2D eigenvalue weighted by Gasteiger charge is -2.12. The predicted octanol–water partition coefficient (Wildman–Crippen LogP) is 4.13. The zero-order chi connectivity index (χ0) is 17.9. The summed E-state index contributed by atoms with van der Waals surface area (Å²) < 4.78 is 43.7. The molecule has 124 valence electrons. The third-order valence-electron chi connectivity index (χ3n) is 3.52. The minimum Gasteiger partial charge on any atom is -0.378 e. The van der Waals surface area contributed by atoms with Gasteiger partial charge in [-0.1, -0.05) is 48.5 Å². The molecule has 0 unspecified atom stereocenters. The zero-order valence-corrected chi connectivity index (χ0v) is 13.7. The van der Waals surface area contributed by atoms with Crippen molar-refractivity contribution in [2.75, 3.05) is 0 Å². The fourth-order valence-electron chi connectivity index (χ4n) is 2.31. The van der Waals surface area contributed by atoms with Gasteiger partial charge in [0.25, 0.3) is 0 Å². The summed E-state index contributed by atoms with van der Waals surface area (Å²) in [5.74, 6) is -0.636. The molecule has 3 rings (SSSR count). The minimum absolute atomic E-state index is 0.150. The first kappa shape index (κ1) is 16.7. The number of halogens is 1. The second-order valence-corrected chi connectivity index (χ2v) is 6.70. The molecular weight excluding hydrogens is 341 g/mol. The molecule has 0 N–H and O–H groups in total. The monoisotopic (exact) mass is 353 g/mol. The van der Waals surface area contributed by atoms with E-state index in [2.05, 4.69) is 0 Å². The number of hydrogen-bond donors (Lipinski definition) is 0. The van der Waals surface area contributed by atoms with Crippen molar-refractivity contribution >= 4 is 10.1 Å². The molecule has 0 aliphatic heterocycles. The fraction of sp³-hybridized carbons (Fsp3) is 0. The fourth-order valence-corrected chi connectivity index (χ4v) is 3.28. The number of para-hydroxylation sites is 1. The molecule has 6 heteroatoms. The minimum atomic E-state index is -4.21. The average molecular weight is 353 g/mol. The Hall–Kier alpha value is -3.17. The molecule has 3 aromatic carbocycles. The lowest BCUT2D eigenvalue weighted by molar-refractivity contribution is 0.486. The van der Waals surface area contributed by atoms with Crippen LogP contribution in [-0.2, 0) is 10.1 Å². The van der Waals surface area contributed by atoms with Crippen molar-refractivity contribution < 1.29 is 17.0 Å². The molecule has 0 aromatic heterocycles. The van der Waals surface area contributed by atoms with Gasteiger partial charge < -0.3 is 4.18 Å². The van der Waals surface area contributed by atoms with Gasteiger partial charge in [-0.25, -0.2) is 4.39 Å². The molecule has 0 spiro atoms. The Labute approximate surface area is 144 Å². The molecule has 0 aliphatic carbocycles. The molecule has 4 nitrogen and oxygen atoms in total. The van der Waals surface area contributed by atoms with Crippen LogP contribution in [0.5, 0.6) is 5.75 Å². The van der Waals surface area contributed by atoms with Crippen LogP contribution >= 0.6 is 0 Å². The molecule has 0 radical (unpaired) electrons. The van der Waals surface area contributed by atoms with Crippen LogP contribution in [-0.4, -0.2) is 8.42 Å². The summed E-state index contributed by atoms with van der Waals surface area (Å²) in [6.07, 6.45) is 0. The van der Waals surface area contributed by atoms with Gasteiger partial charge in [-0.3, -0.25) is 0 Å². The van der Waals surface area contributed by atoms with Gasteiger partial charge in [0.1, 0.15) is 16.8 Å². The number of rotatable bonds is 4. The first-order valence-electron chi connectivity index (χ1n) is 7.30. The Morgan fingerprint density at radius 3 is 2.32 bits per heavy atom. The second kappa shape index (κ2) is 6.75. The lowest BCUT2D eigenvalue weighted by atomic mass is 10.1. The summed E-state index contributed by atoms with van der Waals surface area (Å²) in [6, 6.07) is 20.5. The Morgan fingerprint density at radius 1 is 0.920 bits per heavy atom. The van der Waals surface area contributed by atoms with Crippen molar-refractivity contribution in [1.29, 1.82) is 5.26 Å². The van der Waals surface area contributed by atoms with Crippen molar-refractivity contribution in [2.45, 2.75) is 4.90 Å². The van der Waals surface area contributed by atoms with Gasteiger partial charge in [0.15, 0.2) is 5.75 Å². The van der Waals surface area contributed by atoms with E-state index in [1.807, 2.05) is 30.3 Å². The maximum atomic E-state index is 13.4. The molecule has 0 heterocycles. The highest BCUT2D eigenvalue weighted by atomic mass is 32.2. The summed E-state index contributed by atoms with van der Waals surface area (Å²) in [5.41, 5.74) is 1.04. The van der Waals surface area contributed by atoms with Crippen molar-refractivity contribution in [3.05, 3.63) is 84.2 Å². The van der Waals surface area contributed by atoms with Gasteiger partial charge in [-0.2, -0.15) is 13.7 Å². The average Bonchev–Trinajstić information content (AvgIpc) is 2.63. The van der Waals surface area contributed by atoms with Gasteiger partial charge in [0.05, 0.1) is 5.56 Å². The van der Waals surface area contributed by atoms with Crippen molar-refractivity contribution in [3.8, 4) is 22.9 Å². The Balaban J connectivity index is 2.02. The summed E-state index contributed by atoms with van der Waals surface area (Å²) in [7, 11) is -4.21. The van der Waals surface area contributed by atoms with Crippen LogP contribution in [0.4, 0.5) is 4.39 Å². The third kappa shape index (κ3) is 3.52. The molecule has 0 bridgehead atoms. The zero-order valence-electron chi connectivity index (χ0n) is 12.9. The Bertz CT molecular complexity index is 1060. The number of hydrogen-bond acceptors (Lipinski definition) is 4. The predicted molar refractivity (Wildman–Crippen MR) is 90.8 cm³/mol.